The van der Waals surface area contributed by atoms with Crippen LogP contribution in [-0.2, 0) is 11.2 Å². The van der Waals surface area contributed by atoms with Gasteiger partial charge in [0.15, 0.2) is 0 Å². The lowest BCUT2D eigenvalue weighted by atomic mass is 10.0. The number of carbonyl (C=O) groups excluding carboxylic acids is 1. The maximum absolute atomic E-state index is 12.5. The number of aromatic nitrogens is 2. The summed E-state index contributed by atoms with van der Waals surface area (Å²) < 4.78 is 0. The topological polar surface area (TPSA) is 61.0 Å². The molecule has 2 N–H and O–H groups in total. The number of aryl methyl sites for hydroxylation is 2. The molecule has 1 saturated heterocycles. The number of benzene rings is 1. The van der Waals surface area contributed by atoms with Gasteiger partial charge in [0, 0.05) is 17.8 Å². The van der Waals surface area contributed by atoms with E-state index in [1.807, 2.05) is 19.9 Å². The summed E-state index contributed by atoms with van der Waals surface area (Å²) in [7, 11) is 0. The van der Waals surface area contributed by atoms with E-state index in [9.17, 15) is 4.79 Å². The molecule has 2 heterocycles. The van der Waals surface area contributed by atoms with E-state index in [0.717, 1.165) is 30.0 Å². The number of carbonyl (C=O) groups is 1. The van der Waals surface area contributed by atoms with Crippen LogP contribution in [-0.4, -0.2) is 40.6 Å². The van der Waals surface area contributed by atoms with E-state index < -0.39 is 0 Å². The predicted molar refractivity (Wildman–Crippen MR) is 104 cm³/mol. The Morgan fingerprint density at radius 1 is 1.15 bits per heavy atom. The third-order valence-electron chi connectivity index (χ3n) is 5.38. The van der Waals surface area contributed by atoms with Crippen molar-refractivity contribution >= 4 is 5.91 Å². The molecule has 1 fully saturated rings. The Labute approximate surface area is 156 Å². The quantitative estimate of drug-likeness (QED) is 0.837. The van der Waals surface area contributed by atoms with E-state index in [4.69, 9.17) is 0 Å². The number of hydrogen-bond acceptors (Lipinski definition) is 3. The highest BCUT2D eigenvalue weighted by Crippen LogP contribution is 2.23. The van der Waals surface area contributed by atoms with Crippen LogP contribution in [0.1, 0.15) is 54.2 Å². The Bertz CT molecular complexity index is 683. The van der Waals surface area contributed by atoms with Crippen LogP contribution >= 0.6 is 0 Å². The summed E-state index contributed by atoms with van der Waals surface area (Å²) in [6.45, 7) is 6.77. The number of likely N-dealkylation sites (tertiary alicyclic amines) is 1. The molecule has 0 radical (unpaired) electrons. The van der Waals surface area contributed by atoms with Crippen LogP contribution in [0.15, 0.2) is 30.3 Å². The summed E-state index contributed by atoms with van der Waals surface area (Å²) in [4.78, 5) is 15.1. The molecule has 1 aromatic carbocycles. The van der Waals surface area contributed by atoms with Gasteiger partial charge in [0.25, 0.3) is 0 Å². The number of nitrogens with one attached hydrogen (secondary N) is 2. The highest BCUT2D eigenvalue weighted by molar-refractivity contribution is 5.79. The van der Waals surface area contributed by atoms with Gasteiger partial charge in [-0.2, -0.15) is 5.10 Å². The first-order valence-electron chi connectivity index (χ1n) is 9.71. The van der Waals surface area contributed by atoms with E-state index in [0.29, 0.717) is 13.0 Å². The van der Waals surface area contributed by atoms with Crippen molar-refractivity contribution in [1.82, 2.24) is 20.4 Å². The fourth-order valence-corrected chi connectivity index (χ4v) is 3.81. The van der Waals surface area contributed by atoms with Gasteiger partial charge in [0.05, 0.1) is 18.2 Å². The van der Waals surface area contributed by atoms with Crippen molar-refractivity contribution in [1.29, 1.82) is 0 Å². The van der Waals surface area contributed by atoms with Crippen LogP contribution in [0.4, 0.5) is 0 Å². The third-order valence-corrected chi connectivity index (χ3v) is 5.38. The van der Waals surface area contributed by atoms with Gasteiger partial charge >= 0.3 is 0 Å². The first-order valence-corrected chi connectivity index (χ1v) is 9.71. The molecule has 1 amide bonds. The Morgan fingerprint density at radius 3 is 2.46 bits per heavy atom. The summed E-state index contributed by atoms with van der Waals surface area (Å²) in [5, 5.41) is 10.3. The summed E-state index contributed by atoms with van der Waals surface area (Å²) in [5.41, 5.74) is 4.17. The number of amides is 1. The summed E-state index contributed by atoms with van der Waals surface area (Å²) in [6, 6.07) is 10.8. The Balaban J connectivity index is 1.66. The second kappa shape index (κ2) is 8.99. The molecular weight excluding hydrogens is 324 g/mol. The van der Waals surface area contributed by atoms with Crippen LogP contribution < -0.4 is 5.32 Å². The minimum absolute atomic E-state index is 0.0633. The van der Waals surface area contributed by atoms with Gasteiger partial charge in [-0.25, -0.2) is 0 Å². The molecule has 1 aliphatic rings. The molecule has 26 heavy (non-hydrogen) atoms. The van der Waals surface area contributed by atoms with Crippen molar-refractivity contribution in [2.75, 3.05) is 19.6 Å². The fraction of sp³-hybridized carbons (Fsp3) is 0.524. The molecule has 1 unspecified atom stereocenters. The van der Waals surface area contributed by atoms with Crippen LogP contribution in [0.2, 0.25) is 0 Å². The van der Waals surface area contributed by atoms with Gasteiger partial charge in [-0.1, -0.05) is 43.2 Å². The molecule has 0 bridgehead atoms. The second-order valence-corrected chi connectivity index (χ2v) is 7.27. The van der Waals surface area contributed by atoms with Gasteiger partial charge in [-0.15, -0.1) is 0 Å². The molecule has 5 heteroatoms. The number of nitrogens with zero attached hydrogens (tertiary/aromatic N) is 2. The molecule has 3 rings (SSSR count). The third kappa shape index (κ3) is 4.73. The Kier molecular flexibility index (Phi) is 6.45. The number of rotatable bonds is 6. The molecule has 140 valence electrons. The van der Waals surface area contributed by atoms with Crippen LogP contribution in [0.3, 0.4) is 0 Å². The lowest BCUT2D eigenvalue weighted by Crippen LogP contribution is -2.39. The first kappa shape index (κ1) is 18.6. The fourth-order valence-electron chi connectivity index (χ4n) is 3.81. The maximum Gasteiger partial charge on any atom is 0.224 e. The largest absolute Gasteiger partial charge is 0.354 e. The number of hydrogen-bond donors (Lipinski definition) is 2. The van der Waals surface area contributed by atoms with Crippen molar-refractivity contribution in [3.63, 3.8) is 0 Å². The van der Waals surface area contributed by atoms with Crippen molar-refractivity contribution in [3.8, 4) is 0 Å². The average Bonchev–Trinajstić information content (AvgIpc) is 2.85. The maximum atomic E-state index is 12.5. The molecule has 0 saturated carbocycles. The second-order valence-electron chi connectivity index (χ2n) is 7.27. The monoisotopic (exact) mass is 354 g/mol. The van der Waals surface area contributed by atoms with Crippen molar-refractivity contribution in [2.24, 2.45) is 0 Å². The SMILES string of the molecule is Cc1n[nH]c(C)c1CC(=O)NCC(c1ccccc1)N1CCCCCC1. The van der Waals surface area contributed by atoms with Crippen LogP contribution in [0.25, 0.3) is 0 Å². The lowest BCUT2D eigenvalue weighted by molar-refractivity contribution is -0.120. The molecule has 0 spiro atoms. The lowest BCUT2D eigenvalue weighted by Gasteiger charge is -2.31. The molecule has 1 aromatic heterocycles. The van der Waals surface area contributed by atoms with Gasteiger partial charge in [0.1, 0.15) is 0 Å². The number of H-pyrrole nitrogens is 1. The normalized spacial score (nSPS) is 16.8. The summed E-state index contributed by atoms with van der Waals surface area (Å²) >= 11 is 0. The Morgan fingerprint density at radius 2 is 1.85 bits per heavy atom. The highest BCUT2D eigenvalue weighted by Gasteiger charge is 2.22. The molecular formula is C21H30N4O. The molecule has 0 aliphatic carbocycles. The predicted octanol–water partition coefficient (Wildman–Crippen LogP) is 3.30. The van der Waals surface area contributed by atoms with E-state index >= 15 is 0 Å². The minimum atomic E-state index is 0.0633. The number of aromatic amines is 1. The van der Waals surface area contributed by atoms with Crippen molar-refractivity contribution < 1.29 is 4.79 Å². The van der Waals surface area contributed by atoms with Gasteiger partial charge in [0.2, 0.25) is 5.91 Å². The van der Waals surface area contributed by atoms with E-state index in [1.165, 1.54) is 31.2 Å². The highest BCUT2D eigenvalue weighted by atomic mass is 16.1. The molecule has 5 nitrogen and oxygen atoms in total. The van der Waals surface area contributed by atoms with Crippen molar-refractivity contribution in [3.05, 3.63) is 52.8 Å². The van der Waals surface area contributed by atoms with E-state index in [2.05, 4.69) is 44.7 Å². The average molecular weight is 354 g/mol. The minimum Gasteiger partial charge on any atom is -0.354 e. The van der Waals surface area contributed by atoms with Gasteiger partial charge < -0.3 is 5.32 Å². The summed E-state index contributed by atoms with van der Waals surface area (Å²) in [5.74, 6) is 0.0633. The first-order chi connectivity index (χ1) is 12.6. The van der Waals surface area contributed by atoms with Gasteiger partial charge in [-0.3, -0.25) is 14.8 Å². The smallest absolute Gasteiger partial charge is 0.224 e. The summed E-state index contributed by atoms with van der Waals surface area (Å²) in [6.07, 6.45) is 5.48. The molecule has 2 aromatic rings. The molecule has 1 atom stereocenters. The zero-order valence-electron chi connectivity index (χ0n) is 15.9. The van der Waals surface area contributed by atoms with Crippen LogP contribution in [0, 0.1) is 13.8 Å². The van der Waals surface area contributed by atoms with Crippen molar-refractivity contribution in [2.45, 2.75) is 52.0 Å². The zero-order chi connectivity index (χ0) is 18.4. The van der Waals surface area contributed by atoms with E-state index in [-0.39, 0.29) is 11.9 Å². The van der Waals surface area contributed by atoms with Gasteiger partial charge in [-0.05, 0) is 45.3 Å². The van der Waals surface area contributed by atoms with Crippen LogP contribution in [0.5, 0.6) is 0 Å². The Hall–Kier alpha value is -2.14. The standard InChI is InChI=1S/C21H30N4O/c1-16-19(17(2)24-23-16)14-21(26)22-15-20(18-10-6-5-7-11-18)25-12-8-3-4-9-13-25/h5-7,10-11,20H,3-4,8-9,12-15H2,1-2H3,(H,22,26)(H,23,24). The molecule has 1 aliphatic heterocycles. The zero-order valence-corrected chi connectivity index (χ0v) is 15.9. The van der Waals surface area contributed by atoms with E-state index in [1.54, 1.807) is 0 Å².